The van der Waals surface area contributed by atoms with Crippen molar-refractivity contribution in [3.63, 3.8) is 0 Å². The van der Waals surface area contributed by atoms with E-state index in [4.69, 9.17) is 4.74 Å². The molecule has 2 aromatic carbocycles. The predicted molar refractivity (Wildman–Crippen MR) is 94.9 cm³/mol. The number of para-hydroxylation sites is 1. The Morgan fingerprint density at radius 1 is 1.25 bits per heavy atom. The van der Waals surface area contributed by atoms with Crippen LogP contribution in [0.1, 0.15) is 25.0 Å². The van der Waals surface area contributed by atoms with Gasteiger partial charge in [-0.25, -0.2) is 8.42 Å². The molecule has 0 aliphatic heterocycles. The quantitative estimate of drug-likeness (QED) is 0.782. The van der Waals surface area contributed by atoms with E-state index in [-0.39, 0.29) is 22.3 Å². The van der Waals surface area contributed by atoms with Crippen molar-refractivity contribution in [2.24, 2.45) is 5.92 Å². The minimum atomic E-state index is -3.85. The molecule has 2 aromatic rings. The first-order valence-corrected chi connectivity index (χ1v) is 9.06. The highest BCUT2D eigenvalue weighted by molar-refractivity contribution is 7.92. The molecule has 24 heavy (non-hydrogen) atoms. The van der Waals surface area contributed by atoms with Gasteiger partial charge in [-0.15, -0.1) is 0 Å². The average Bonchev–Trinajstić information content (AvgIpc) is 2.50. The molecule has 0 fully saturated rings. The van der Waals surface area contributed by atoms with Gasteiger partial charge in [0, 0.05) is 0 Å². The van der Waals surface area contributed by atoms with Gasteiger partial charge in [0.1, 0.15) is 11.5 Å². The Morgan fingerprint density at radius 3 is 2.58 bits per heavy atom. The van der Waals surface area contributed by atoms with Crippen molar-refractivity contribution in [2.45, 2.75) is 25.2 Å². The molecule has 0 amide bonds. The van der Waals surface area contributed by atoms with E-state index in [0.717, 1.165) is 0 Å². The van der Waals surface area contributed by atoms with E-state index in [0.29, 0.717) is 23.3 Å². The fourth-order valence-electron chi connectivity index (χ4n) is 2.42. The summed E-state index contributed by atoms with van der Waals surface area (Å²) in [6.45, 7) is 7.69. The number of hydrogen-bond acceptors (Lipinski definition) is 4. The Labute approximate surface area is 143 Å². The van der Waals surface area contributed by atoms with Gasteiger partial charge in [0.05, 0.1) is 17.7 Å². The van der Waals surface area contributed by atoms with Crippen LogP contribution < -0.4 is 9.46 Å². The van der Waals surface area contributed by atoms with Crippen molar-refractivity contribution in [2.75, 3.05) is 11.8 Å². The summed E-state index contributed by atoms with van der Waals surface area (Å²) in [4.78, 5) is 0.172. The number of hydrogen-bond donors (Lipinski definition) is 2. The van der Waals surface area contributed by atoms with Gasteiger partial charge in [-0.2, -0.15) is 0 Å². The maximum atomic E-state index is 12.8. The summed E-state index contributed by atoms with van der Waals surface area (Å²) < 4.78 is 33.2. The Morgan fingerprint density at radius 2 is 1.96 bits per heavy atom. The molecule has 6 heteroatoms. The number of phenols is 1. The lowest BCUT2D eigenvalue weighted by atomic mass is 10.0. The maximum absolute atomic E-state index is 12.8. The van der Waals surface area contributed by atoms with Crippen LogP contribution in [0.3, 0.4) is 0 Å². The third-order valence-electron chi connectivity index (χ3n) is 3.55. The average molecular weight is 348 g/mol. The predicted octanol–water partition coefficient (Wildman–Crippen LogP) is 3.58. The zero-order valence-corrected chi connectivity index (χ0v) is 14.9. The van der Waals surface area contributed by atoms with E-state index >= 15 is 0 Å². The SMILES string of the molecule is [CH2]c1cccc(NS(=O)(=O)c2ccc(OC)cc2CC(C)C)c1O. The van der Waals surface area contributed by atoms with E-state index in [9.17, 15) is 13.5 Å². The normalized spacial score (nSPS) is 11.5. The zero-order chi connectivity index (χ0) is 17.9. The number of rotatable bonds is 6. The Hall–Kier alpha value is -2.21. The fourth-order valence-corrected chi connectivity index (χ4v) is 3.72. The van der Waals surface area contributed by atoms with Crippen LogP contribution in [-0.2, 0) is 16.4 Å². The van der Waals surface area contributed by atoms with Gasteiger partial charge in [-0.1, -0.05) is 26.0 Å². The van der Waals surface area contributed by atoms with Crippen LogP contribution in [0.25, 0.3) is 0 Å². The topological polar surface area (TPSA) is 75.6 Å². The molecule has 0 saturated heterocycles. The molecule has 2 rings (SSSR count). The van der Waals surface area contributed by atoms with Crippen molar-refractivity contribution in [3.05, 3.63) is 54.4 Å². The second kappa shape index (κ2) is 7.13. The molecular weight excluding hydrogens is 326 g/mol. The van der Waals surface area contributed by atoms with Gasteiger partial charge in [0.25, 0.3) is 10.0 Å². The number of ether oxygens (including phenoxy) is 1. The van der Waals surface area contributed by atoms with E-state index in [2.05, 4.69) is 11.6 Å². The van der Waals surface area contributed by atoms with Crippen LogP contribution in [0, 0.1) is 12.8 Å². The number of anilines is 1. The molecule has 0 unspecified atom stereocenters. The number of aromatic hydroxyl groups is 1. The molecular formula is C18H22NO4S. The largest absolute Gasteiger partial charge is 0.505 e. The van der Waals surface area contributed by atoms with Crippen molar-refractivity contribution < 1.29 is 18.3 Å². The second-order valence-electron chi connectivity index (χ2n) is 5.99. The summed E-state index contributed by atoms with van der Waals surface area (Å²) in [6.07, 6.45) is 0.592. The first-order valence-electron chi connectivity index (χ1n) is 7.58. The standard InChI is InChI=1S/C18H22NO4S/c1-12(2)10-14-11-15(23-4)8-9-17(14)24(21,22)19-16-7-5-6-13(3)18(16)20/h5-9,11-12,19-20H,3,10H2,1-2,4H3. The van der Waals surface area contributed by atoms with Crippen LogP contribution in [0.2, 0.25) is 0 Å². The Kier molecular flexibility index (Phi) is 5.39. The molecule has 0 bridgehead atoms. The molecule has 0 saturated carbocycles. The maximum Gasteiger partial charge on any atom is 0.262 e. The second-order valence-corrected chi connectivity index (χ2v) is 7.64. The molecule has 129 valence electrons. The monoisotopic (exact) mass is 348 g/mol. The summed E-state index contributed by atoms with van der Waals surface area (Å²) in [5.74, 6) is 0.704. The Bertz CT molecular complexity index is 829. The molecule has 2 N–H and O–H groups in total. The van der Waals surface area contributed by atoms with Crippen LogP contribution in [-0.4, -0.2) is 20.6 Å². The van der Waals surface area contributed by atoms with Crippen molar-refractivity contribution >= 4 is 15.7 Å². The lowest BCUT2D eigenvalue weighted by Gasteiger charge is -2.16. The fraction of sp³-hybridized carbons (Fsp3) is 0.278. The van der Waals surface area contributed by atoms with Crippen LogP contribution >= 0.6 is 0 Å². The number of benzene rings is 2. The minimum Gasteiger partial charge on any atom is -0.505 e. The first-order chi connectivity index (χ1) is 11.2. The Balaban J connectivity index is 2.46. The minimum absolute atomic E-state index is 0.105. The summed E-state index contributed by atoms with van der Waals surface area (Å²) in [5, 5.41) is 10.00. The summed E-state index contributed by atoms with van der Waals surface area (Å²) in [7, 11) is -2.31. The smallest absolute Gasteiger partial charge is 0.262 e. The highest BCUT2D eigenvalue weighted by Gasteiger charge is 2.21. The molecule has 0 spiro atoms. The molecule has 0 heterocycles. The van der Waals surface area contributed by atoms with Gasteiger partial charge in [0.15, 0.2) is 0 Å². The van der Waals surface area contributed by atoms with Crippen LogP contribution in [0.4, 0.5) is 5.69 Å². The molecule has 0 aliphatic carbocycles. The molecule has 1 radical (unpaired) electrons. The van der Waals surface area contributed by atoms with E-state index in [1.165, 1.54) is 12.1 Å². The van der Waals surface area contributed by atoms with E-state index in [1.54, 1.807) is 31.4 Å². The number of nitrogens with one attached hydrogen (secondary N) is 1. The summed E-state index contributed by atoms with van der Waals surface area (Å²) >= 11 is 0. The number of phenolic OH excluding ortho intramolecular Hbond substituents is 1. The zero-order valence-electron chi connectivity index (χ0n) is 14.0. The van der Waals surface area contributed by atoms with Gasteiger partial charge in [-0.3, -0.25) is 4.72 Å². The van der Waals surface area contributed by atoms with Gasteiger partial charge >= 0.3 is 0 Å². The third-order valence-corrected chi connectivity index (χ3v) is 5.02. The molecule has 0 atom stereocenters. The van der Waals surface area contributed by atoms with Crippen LogP contribution in [0.5, 0.6) is 11.5 Å². The van der Waals surface area contributed by atoms with Crippen molar-refractivity contribution in [1.82, 2.24) is 0 Å². The number of methoxy groups -OCH3 is 1. The highest BCUT2D eigenvalue weighted by Crippen LogP contribution is 2.31. The summed E-state index contributed by atoms with van der Waals surface area (Å²) in [5.41, 5.74) is 1.13. The molecule has 0 aliphatic rings. The third kappa shape index (κ3) is 4.00. The van der Waals surface area contributed by atoms with Crippen molar-refractivity contribution in [1.29, 1.82) is 0 Å². The lowest BCUT2D eigenvalue weighted by molar-refractivity contribution is 0.413. The van der Waals surface area contributed by atoms with Gasteiger partial charge in [-0.05, 0) is 54.7 Å². The number of sulfonamides is 1. The van der Waals surface area contributed by atoms with Gasteiger partial charge in [0.2, 0.25) is 0 Å². The van der Waals surface area contributed by atoms with Gasteiger partial charge < -0.3 is 9.84 Å². The highest BCUT2D eigenvalue weighted by atomic mass is 32.2. The van der Waals surface area contributed by atoms with Crippen molar-refractivity contribution in [3.8, 4) is 11.5 Å². The lowest BCUT2D eigenvalue weighted by Crippen LogP contribution is -2.16. The molecule has 0 aromatic heterocycles. The summed E-state index contributed by atoms with van der Waals surface area (Å²) in [6, 6.07) is 9.58. The van der Waals surface area contributed by atoms with E-state index in [1.807, 2.05) is 13.8 Å². The van der Waals surface area contributed by atoms with Crippen LogP contribution in [0.15, 0.2) is 41.3 Å². The van der Waals surface area contributed by atoms with E-state index < -0.39 is 10.0 Å². The molecule has 5 nitrogen and oxygen atoms in total. The first kappa shape index (κ1) is 18.1.